The predicted molar refractivity (Wildman–Crippen MR) is 67.3 cm³/mol. The Morgan fingerprint density at radius 1 is 1.32 bits per heavy atom. The highest BCUT2D eigenvalue weighted by Crippen LogP contribution is 2.24. The van der Waals surface area contributed by atoms with Crippen LogP contribution in [0.25, 0.3) is 0 Å². The third kappa shape index (κ3) is 2.94. The Morgan fingerprint density at radius 3 is 2.63 bits per heavy atom. The second-order valence-electron chi connectivity index (χ2n) is 4.48. The van der Waals surface area contributed by atoms with E-state index < -0.39 is 28.6 Å². The average Bonchev–Trinajstić information content (AvgIpc) is 2.82. The van der Waals surface area contributed by atoms with Crippen molar-refractivity contribution in [3.8, 4) is 0 Å². The number of aryl methyl sites for hydroxylation is 2. The summed E-state index contributed by atoms with van der Waals surface area (Å²) < 4.78 is 26.0. The van der Waals surface area contributed by atoms with Gasteiger partial charge in [-0.3, -0.25) is 4.79 Å². The van der Waals surface area contributed by atoms with E-state index in [1.807, 2.05) is 4.72 Å². The Labute approximate surface area is 111 Å². The first-order chi connectivity index (χ1) is 8.94. The zero-order valence-electron chi connectivity index (χ0n) is 10.2. The fourth-order valence-electron chi connectivity index (χ4n) is 2.14. The highest BCUT2D eigenvalue weighted by molar-refractivity contribution is 7.89. The van der Waals surface area contributed by atoms with Gasteiger partial charge in [-0.1, -0.05) is 6.07 Å². The van der Waals surface area contributed by atoms with Crippen molar-refractivity contribution in [3.05, 3.63) is 29.3 Å². The van der Waals surface area contributed by atoms with Gasteiger partial charge in [0.2, 0.25) is 10.0 Å². The quantitative estimate of drug-likeness (QED) is 0.701. The fourth-order valence-corrected chi connectivity index (χ4v) is 3.37. The molecular weight excluding hydrogens is 270 g/mol. The molecule has 2 rings (SSSR count). The number of benzene rings is 1. The van der Waals surface area contributed by atoms with E-state index in [0.29, 0.717) is 0 Å². The largest absolute Gasteiger partial charge is 0.480 e. The molecule has 1 atom stereocenters. The summed E-state index contributed by atoms with van der Waals surface area (Å²) in [5.41, 5.74) is 2.12. The van der Waals surface area contributed by atoms with Gasteiger partial charge in [0.05, 0.1) is 11.5 Å². The number of sulfonamides is 1. The van der Waals surface area contributed by atoms with Crippen LogP contribution in [-0.2, 0) is 27.7 Å². The molecule has 1 aromatic rings. The van der Waals surface area contributed by atoms with Gasteiger partial charge in [0.25, 0.3) is 0 Å². The Hall–Kier alpha value is -1.44. The zero-order valence-corrected chi connectivity index (χ0v) is 11.0. The van der Waals surface area contributed by atoms with Gasteiger partial charge in [0, 0.05) is 0 Å². The topological polar surface area (TPSA) is 104 Å². The number of aliphatic hydroxyl groups is 1. The van der Waals surface area contributed by atoms with Crippen LogP contribution in [0.15, 0.2) is 23.1 Å². The highest BCUT2D eigenvalue weighted by Gasteiger charge is 2.25. The SMILES string of the molecule is O=C(O)C(CO)NS(=O)(=O)c1ccc2c(c1)CCC2. The molecule has 0 aliphatic heterocycles. The van der Waals surface area contributed by atoms with Gasteiger partial charge >= 0.3 is 5.97 Å². The maximum Gasteiger partial charge on any atom is 0.324 e. The lowest BCUT2D eigenvalue weighted by atomic mass is 10.1. The lowest BCUT2D eigenvalue weighted by Gasteiger charge is -2.13. The van der Waals surface area contributed by atoms with Gasteiger partial charge in [-0.05, 0) is 42.5 Å². The molecule has 0 fully saturated rings. The first kappa shape index (κ1) is 14.0. The van der Waals surface area contributed by atoms with E-state index in [2.05, 4.69) is 0 Å². The van der Waals surface area contributed by atoms with Crippen LogP contribution in [0, 0.1) is 0 Å². The van der Waals surface area contributed by atoms with Crippen LogP contribution in [0.1, 0.15) is 17.5 Å². The normalized spacial score (nSPS) is 16.1. The van der Waals surface area contributed by atoms with Crippen molar-refractivity contribution in [1.29, 1.82) is 0 Å². The molecular formula is C12H15NO5S. The van der Waals surface area contributed by atoms with Crippen molar-refractivity contribution in [2.45, 2.75) is 30.2 Å². The molecule has 1 aromatic carbocycles. The van der Waals surface area contributed by atoms with Gasteiger partial charge in [-0.25, -0.2) is 8.42 Å². The third-order valence-corrected chi connectivity index (χ3v) is 4.63. The molecule has 6 nitrogen and oxygen atoms in total. The Kier molecular flexibility index (Phi) is 3.88. The van der Waals surface area contributed by atoms with Crippen LogP contribution in [0.3, 0.4) is 0 Å². The molecule has 3 N–H and O–H groups in total. The minimum absolute atomic E-state index is 0.0350. The maximum atomic E-state index is 12.0. The number of hydrogen-bond acceptors (Lipinski definition) is 4. The molecule has 0 saturated carbocycles. The Bertz CT molecular complexity index is 596. The van der Waals surface area contributed by atoms with Gasteiger partial charge < -0.3 is 10.2 Å². The minimum Gasteiger partial charge on any atom is -0.480 e. The summed E-state index contributed by atoms with van der Waals surface area (Å²) in [6, 6.07) is 3.26. The number of rotatable bonds is 5. The molecule has 104 valence electrons. The number of aliphatic hydroxyl groups excluding tert-OH is 1. The lowest BCUT2D eigenvalue weighted by Crippen LogP contribution is -2.43. The molecule has 0 bridgehead atoms. The minimum atomic E-state index is -3.93. The monoisotopic (exact) mass is 285 g/mol. The molecule has 0 spiro atoms. The van der Waals surface area contributed by atoms with E-state index in [4.69, 9.17) is 10.2 Å². The summed E-state index contributed by atoms with van der Waals surface area (Å²) in [6.45, 7) is -0.792. The molecule has 0 radical (unpaired) electrons. The third-order valence-electron chi connectivity index (χ3n) is 3.16. The Morgan fingerprint density at radius 2 is 2.00 bits per heavy atom. The van der Waals surface area contributed by atoms with Crippen LogP contribution in [0.5, 0.6) is 0 Å². The van der Waals surface area contributed by atoms with Crippen molar-refractivity contribution in [3.63, 3.8) is 0 Å². The molecule has 1 aliphatic carbocycles. The van der Waals surface area contributed by atoms with E-state index in [0.717, 1.165) is 30.4 Å². The fraction of sp³-hybridized carbons (Fsp3) is 0.417. The number of aliphatic carboxylic acids is 1. The number of carboxylic acid groups (broad SMARTS) is 1. The summed E-state index contributed by atoms with van der Waals surface area (Å²) in [7, 11) is -3.93. The second kappa shape index (κ2) is 5.28. The molecule has 0 aromatic heterocycles. The first-order valence-corrected chi connectivity index (χ1v) is 7.40. The van der Waals surface area contributed by atoms with Crippen molar-refractivity contribution >= 4 is 16.0 Å². The Balaban J connectivity index is 2.27. The van der Waals surface area contributed by atoms with Crippen molar-refractivity contribution in [1.82, 2.24) is 4.72 Å². The zero-order chi connectivity index (χ0) is 14.0. The second-order valence-corrected chi connectivity index (χ2v) is 6.19. The summed E-state index contributed by atoms with van der Waals surface area (Å²) >= 11 is 0. The van der Waals surface area contributed by atoms with Gasteiger partial charge in [-0.15, -0.1) is 0 Å². The highest BCUT2D eigenvalue weighted by atomic mass is 32.2. The molecule has 19 heavy (non-hydrogen) atoms. The number of nitrogens with one attached hydrogen (secondary N) is 1. The summed E-state index contributed by atoms with van der Waals surface area (Å²) in [6.07, 6.45) is 2.78. The van der Waals surface area contributed by atoms with Gasteiger partial charge in [0.15, 0.2) is 0 Å². The summed E-state index contributed by atoms with van der Waals surface area (Å²) in [4.78, 5) is 10.8. The van der Waals surface area contributed by atoms with Crippen LogP contribution < -0.4 is 4.72 Å². The maximum absolute atomic E-state index is 12.0. The first-order valence-electron chi connectivity index (χ1n) is 5.92. The summed E-state index contributed by atoms with van der Waals surface area (Å²) in [5.74, 6) is -1.41. The van der Waals surface area contributed by atoms with E-state index in [1.54, 1.807) is 12.1 Å². The number of carboxylic acids is 1. The smallest absolute Gasteiger partial charge is 0.324 e. The van der Waals surface area contributed by atoms with Gasteiger partial charge in [0.1, 0.15) is 6.04 Å². The number of hydrogen-bond donors (Lipinski definition) is 3. The molecule has 7 heteroatoms. The van der Waals surface area contributed by atoms with Crippen LogP contribution in [0.4, 0.5) is 0 Å². The standard InChI is InChI=1S/C12H15NO5S/c14-7-11(12(15)16)13-19(17,18)10-5-4-8-2-1-3-9(8)6-10/h4-6,11,13-14H,1-3,7H2,(H,15,16). The number of fused-ring (bicyclic) bond motifs is 1. The van der Waals surface area contributed by atoms with Gasteiger partial charge in [-0.2, -0.15) is 4.72 Å². The molecule has 0 saturated heterocycles. The van der Waals surface area contributed by atoms with Crippen molar-refractivity contribution < 1.29 is 23.4 Å². The average molecular weight is 285 g/mol. The van der Waals surface area contributed by atoms with E-state index in [1.165, 1.54) is 6.07 Å². The van der Waals surface area contributed by atoms with Crippen molar-refractivity contribution in [2.24, 2.45) is 0 Å². The molecule has 1 aliphatic rings. The molecule has 0 heterocycles. The van der Waals surface area contributed by atoms with Crippen LogP contribution in [0.2, 0.25) is 0 Å². The molecule has 1 unspecified atom stereocenters. The van der Waals surface area contributed by atoms with Crippen molar-refractivity contribution in [2.75, 3.05) is 6.61 Å². The lowest BCUT2D eigenvalue weighted by molar-refractivity contribution is -0.139. The summed E-state index contributed by atoms with van der Waals surface area (Å²) in [5, 5.41) is 17.6. The number of carbonyl (C=O) groups is 1. The van der Waals surface area contributed by atoms with E-state index in [-0.39, 0.29) is 4.90 Å². The molecule has 0 amide bonds. The van der Waals surface area contributed by atoms with Crippen LogP contribution in [-0.4, -0.2) is 37.2 Å². The predicted octanol–water partition coefficient (Wildman–Crippen LogP) is -0.101. The van der Waals surface area contributed by atoms with Crippen LogP contribution >= 0.6 is 0 Å². The van der Waals surface area contributed by atoms with E-state index in [9.17, 15) is 13.2 Å². The van der Waals surface area contributed by atoms with E-state index >= 15 is 0 Å².